The summed E-state index contributed by atoms with van der Waals surface area (Å²) in [6, 6.07) is 11.4. The fourth-order valence-electron chi connectivity index (χ4n) is 1.98. The predicted molar refractivity (Wildman–Crippen MR) is 95.9 cm³/mol. The number of nitrogens with zero attached hydrogens (tertiary/aromatic N) is 2. The predicted octanol–water partition coefficient (Wildman–Crippen LogP) is 2.42. The van der Waals surface area contributed by atoms with E-state index in [2.05, 4.69) is 15.3 Å². The summed E-state index contributed by atoms with van der Waals surface area (Å²) in [6.07, 6.45) is 0. The molecule has 1 aromatic carbocycles. The van der Waals surface area contributed by atoms with Gasteiger partial charge in [0, 0.05) is 24.0 Å². The van der Waals surface area contributed by atoms with Gasteiger partial charge in [-0.2, -0.15) is 0 Å². The molecule has 2 rings (SSSR count). The van der Waals surface area contributed by atoms with Crippen LogP contribution in [0.2, 0.25) is 0 Å². The van der Waals surface area contributed by atoms with Gasteiger partial charge in [0.15, 0.2) is 5.16 Å². The van der Waals surface area contributed by atoms with Crippen molar-refractivity contribution in [3.8, 4) is 0 Å². The maximum atomic E-state index is 11.9. The standard InChI is InChI=1S/C16H20N4OS.ClH/c1-11-8-12(2)20-16(19-11)22-10-15(21)18-9-14(17)13-6-4-3-5-7-13;/h3-8,14H,9-10,17H2,1-2H3,(H,18,21);1H. The highest BCUT2D eigenvalue weighted by atomic mass is 35.5. The molecule has 0 saturated carbocycles. The molecule has 5 nitrogen and oxygen atoms in total. The lowest BCUT2D eigenvalue weighted by Gasteiger charge is -2.13. The number of amides is 1. The van der Waals surface area contributed by atoms with Gasteiger partial charge in [-0.25, -0.2) is 9.97 Å². The number of hydrogen-bond acceptors (Lipinski definition) is 5. The molecule has 0 saturated heterocycles. The topological polar surface area (TPSA) is 80.9 Å². The second kappa shape index (κ2) is 9.50. The van der Waals surface area contributed by atoms with E-state index in [1.54, 1.807) is 0 Å². The van der Waals surface area contributed by atoms with Crippen molar-refractivity contribution in [2.75, 3.05) is 12.3 Å². The lowest BCUT2D eigenvalue weighted by Crippen LogP contribution is -2.33. The zero-order valence-electron chi connectivity index (χ0n) is 13.2. The highest BCUT2D eigenvalue weighted by Crippen LogP contribution is 2.14. The Morgan fingerprint density at radius 3 is 2.43 bits per heavy atom. The lowest BCUT2D eigenvalue weighted by molar-refractivity contribution is -0.118. The minimum atomic E-state index is -0.201. The van der Waals surface area contributed by atoms with Crippen molar-refractivity contribution in [3.05, 3.63) is 53.3 Å². The average Bonchev–Trinajstić information content (AvgIpc) is 2.50. The van der Waals surface area contributed by atoms with Crippen LogP contribution in [0.15, 0.2) is 41.6 Å². The first-order chi connectivity index (χ1) is 10.5. The van der Waals surface area contributed by atoms with Gasteiger partial charge in [0.2, 0.25) is 5.91 Å². The Morgan fingerprint density at radius 1 is 1.22 bits per heavy atom. The van der Waals surface area contributed by atoms with Crippen LogP contribution in [0.3, 0.4) is 0 Å². The van der Waals surface area contributed by atoms with E-state index in [9.17, 15) is 4.79 Å². The van der Waals surface area contributed by atoms with E-state index < -0.39 is 0 Å². The molecule has 0 aliphatic rings. The Kier molecular flexibility index (Phi) is 8.02. The van der Waals surface area contributed by atoms with Crippen molar-refractivity contribution >= 4 is 30.1 Å². The van der Waals surface area contributed by atoms with E-state index in [1.165, 1.54) is 11.8 Å². The van der Waals surface area contributed by atoms with Crippen LogP contribution < -0.4 is 11.1 Å². The summed E-state index contributed by atoms with van der Waals surface area (Å²) in [6.45, 7) is 4.24. The number of benzene rings is 1. The molecule has 1 amide bonds. The minimum absolute atomic E-state index is 0. The molecule has 7 heteroatoms. The molecule has 0 fully saturated rings. The molecule has 1 unspecified atom stereocenters. The van der Waals surface area contributed by atoms with E-state index in [4.69, 9.17) is 5.73 Å². The van der Waals surface area contributed by atoms with E-state index >= 15 is 0 Å². The third-order valence-electron chi connectivity index (χ3n) is 3.04. The van der Waals surface area contributed by atoms with Crippen molar-refractivity contribution in [3.63, 3.8) is 0 Å². The van der Waals surface area contributed by atoms with Gasteiger partial charge >= 0.3 is 0 Å². The van der Waals surface area contributed by atoms with Gasteiger partial charge in [0.1, 0.15) is 0 Å². The number of hydrogen-bond donors (Lipinski definition) is 2. The highest BCUT2D eigenvalue weighted by molar-refractivity contribution is 7.99. The van der Waals surface area contributed by atoms with Crippen LogP contribution in [-0.4, -0.2) is 28.2 Å². The molecular formula is C16H21ClN4OS. The third-order valence-corrected chi connectivity index (χ3v) is 3.89. The van der Waals surface area contributed by atoms with Crippen molar-refractivity contribution in [2.45, 2.75) is 25.0 Å². The van der Waals surface area contributed by atoms with E-state index in [0.29, 0.717) is 11.7 Å². The van der Waals surface area contributed by atoms with Crippen LogP contribution in [0.25, 0.3) is 0 Å². The fraction of sp³-hybridized carbons (Fsp3) is 0.312. The Balaban J connectivity index is 0.00000264. The molecule has 0 aliphatic carbocycles. The number of carbonyl (C=O) groups is 1. The maximum absolute atomic E-state index is 11.9. The lowest BCUT2D eigenvalue weighted by atomic mass is 10.1. The van der Waals surface area contributed by atoms with Crippen molar-refractivity contribution in [2.24, 2.45) is 5.73 Å². The van der Waals surface area contributed by atoms with Crippen LogP contribution in [-0.2, 0) is 4.79 Å². The van der Waals surface area contributed by atoms with Crippen LogP contribution >= 0.6 is 24.2 Å². The molecular weight excluding hydrogens is 332 g/mol. The molecule has 0 bridgehead atoms. The quantitative estimate of drug-likeness (QED) is 0.616. The highest BCUT2D eigenvalue weighted by Gasteiger charge is 2.09. The Labute approximate surface area is 146 Å². The molecule has 0 aliphatic heterocycles. The summed E-state index contributed by atoms with van der Waals surface area (Å²) < 4.78 is 0. The largest absolute Gasteiger partial charge is 0.353 e. The van der Waals surface area contributed by atoms with E-state index in [1.807, 2.05) is 50.2 Å². The monoisotopic (exact) mass is 352 g/mol. The number of thioether (sulfide) groups is 1. The molecule has 0 radical (unpaired) electrons. The number of aromatic nitrogens is 2. The average molecular weight is 353 g/mol. The number of rotatable bonds is 6. The smallest absolute Gasteiger partial charge is 0.230 e. The Bertz CT molecular complexity index is 619. The second-order valence-electron chi connectivity index (χ2n) is 5.04. The van der Waals surface area contributed by atoms with Crippen LogP contribution in [0, 0.1) is 13.8 Å². The zero-order chi connectivity index (χ0) is 15.9. The summed E-state index contributed by atoms with van der Waals surface area (Å²) in [7, 11) is 0. The van der Waals surface area contributed by atoms with Gasteiger partial charge in [-0.15, -0.1) is 12.4 Å². The number of nitrogens with two attached hydrogens (primary N) is 1. The van der Waals surface area contributed by atoms with Gasteiger partial charge in [0.05, 0.1) is 5.75 Å². The van der Waals surface area contributed by atoms with Crippen LogP contribution in [0.1, 0.15) is 23.0 Å². The van der Waals surface area contributed by atoms with Crippen LogP contribution in [0.4, 0.5) is 0 Å². The number of nitrogens with one attached hydrogen (secondary N) is 1. The first-order valence-electron chi connectivity index (χ1n) is 7.07. The summed E-state index contributed by atoms with van der Waals surface area (Å²) in [5.74, 6) is 0.212. The first-order valence-corrected chi connectivity index (χ1v) is 8.05. The maximum Gasteiger partial charge on any atom is 0.230 e. The third kappa shape index (κ3) is 6.56. The summed E-state index contributed by atoms with van der Waals surface area (Å²) >= 11 is 1.33. The van der Waals surface area contributed by atoms with E-state index in [0.717, 1.165) is 17.0 Å². The van der Waals surface area contributed by atoms with Crippen molar-refractivity contribution in [1.82, 2.24) is 15.3 Å². The molecule has 1 heterocycles. The van der Waals surface area contributed by atoms with E-state index in [-0.39, 0.29) is 30.1 Å². The molecule has 3 N–H and O–H groups in total. The molecule has 1 atom stereocenters. The van der Waals surface area contributed by atoms with Gasteiger partial charge in [-0.1, -0.05) is 42.1 Å². The number of carbonyl (C=O) groups excluding carboxylic acids is 1. The second-order valence-corrected chi connectivity index (χ2v) is 5.99. The molecule has 0 spiro atoms. The van der Waals surface area contributed by atoms with Crippen molar-refractivity contribution < 1.29 is 4.79 Å². The number of aryl methyl sites for hydroxylation is 2. The summed E-state index contributed by atoms with van der Waals surface area (Å²) in [4.78, 5) is 20.5. The SMILES string of the molecule is Cc1cc(C)nc(SCC(=O)NCC(N)c2ccccc2)n1.Cl. The van der Waals surface area contributed by atoms with Gasteiger partial charge in [-0.05, 0) is 25.5 Å². The fourth-order valence-corrected chi connectivity index (χ4v) is 2.76. The Hall–Kier alpha value is -1.63. The molecule has 124 valence electrons. The summed E-state index contributed by atoms with van der Waals surface area (Å²) in [5.41, 5.74) is 8.86. The molecule has 1 aromatic heterocycles. The minimum Gasteiger partial charge on any atom is -0.353 e. The Morgan fingerprint density at radius 2 is 1.83 bits per heavy atom. The van der Waals surface area contributed by atoms with Crippen LogP contribution in [0.5, 0.6) is 0 Å². The summed E-state index contributed by atoms with van der Waals surface area (Å²) in [5, 5.41) is 3.47. The molecule has 2 aromatic rings. The zero-order valence-corrected chi connectivity index (χ0v) is 14.8. The normalized spacial score (nSPS) is 11.4. The van der Waals surface area contributed by atoms with Gasteiger partial charge < -0.3 is 11.1 Å². The van der Waals surface area contributed by atoms with Gasteiger partial charge in [0.25, 0.3) is 0 Å². The molecule has 23 heavy (non-hydrogen) atoms. The first kappa shape index (κ1) is 19.4. The number of halogens is 1. The van der Waals surface area contributed by atoms with Gasteiger partial charge in [-0.3, -0.25) is 4.79 Å². The van der Waals surface area contributed by atoms with Crippen molar-refractivity contribution in [1.29, 1.82) is 0 Å².